The number of carbonyl (C=O) groups excluding carboxylic acids is 1. The molecule has 1 amide bonds. The molecular formula is C16H17F3N4O3. The zero-order valence-corrected chi connectivity index (χ0v) is 14.0. The minimum Gasteiger partial charge on any atom is -0.448 e. The number of nitrogens with zero attached hydrogens (tertiary/aromatic N) is 4. The number of likely N-dealkylation sites (tertiary alicyclic amines) is 1. The molecule has 0 aliphatic carbocycles. The number of aromatic nitrogens is 3. The maximum Gasteiger partial charge on any atom is 0.433 e. The lowest BCUT2D eigenvalue weighted by atomic mass is 9.96. The molecule has 7 nitrogen and oxygen atoms in total. The van der Waals surface area contributed by atoms with Crippen LogP contribution in [0.15, 0.2) is 27.9 Å². The summed E-state index contributed by atoms with van der Waals surface area (Å²) in [4.78, 5) is 33.1. The highest BCUT2D eigenvalue weighted by atomic mass is 19.4. The zero-order valence-electron chi connectivity index (χ0n) is 14.0. The average Bonchev–Trinajstić information content (AvgIpc) is 3.02. The number of piperidine rings is 1. The fourth-order valence-corrected chi connectivity index (χ4v) is 2.94. The van der Waals surface area contributed by atoms with Crippen molar-refractivity contribution in [3.63, 3.8) is 0 Å². The van der Waals surface area contributed by atoms with Gasteiger partial charge >= 0.3 is 6.18 Å². The molecule has 2 aromatic rings. The van der Waals surface area contributed by atoms with E-state index in [4.69, 9.17) is 4.42 Å². The van der Waals surface area contributed by atoms with Crippen LogP contribution in [0.2, 0.25) is 0 Å². The van der Waals surface area contributed by atoms with Crippen molar-refractivity contribution in [2.45, 2.75) is 32.5 Å². The Balaban J connectivity index is 1.59. The predicted octanol–water partition coefficient (Wildman–Crippen LogP) is 2.11. The molecule has 3 heterocycles. The van der Waals surface area contributed by atoms with Crippen LogP contribution in [0.25, 0.3) is 0 Å². The van der Waals surface area contributed by atoms with E-state index in [0.717, 1.165) is 6.33 Å². The van der Waals surface area contributed by atoms with Crippen LogP contribution in [0.4, 0.5) is 13.2 Å². The molecular weight excluding hydrogens is 353 g/mol. The molecule has 0 atom stereocenters. The molecule has 0 saturated carbocycles. The van der Waals surface area contributed by atoms with Crippen LogP contribution in [0, 0.1) is 12.8 Å². The number of carbonyl (C=O) groups is 1. The first-order valence-electron chi connectivity index (χ1n) is 8.09. The number of amides is 1. The Morgan fingerprint density at radius 1 is 1.35 bits per heavy atom. The number of halogens is 3. The van der Waals surface area contributed by atoms with Crippen molar-refractivity contribution in [1.82, 2.24) is 19.4 Å². The van der Waals surface area contributed by atoms with Crippen LogP contribution in [0.3, 0.4) is 0 Å². The standard InChI is InChI=1S/C16H17F3N4O3/c1-10-21-12(8-26-10)15(25)22-4-2-11(3-5-22)7-23-9-20-13(6-14(23)24)16(17,18)19/h6,8-9,11H,2-5,7H2,1H3. The Bertz CT molecular complexity index is 851. The summed E-state index contributed by atoms with van der Waals surface area (Å²) in [6.45, 7) is 2.89. The van der Waals surface area contributed by atoms with Gasteiger partial charge in [-0.05, 0) is 18.8 Å². The molecule has 0 spiro atoms. The number of hydrogen-bond donors (Lipinski definition) is 0. The molecule has 2 aromatic heterocycles. The molecule has 10 heteroatoms. The zero-order chi connectivity index (χ0) is 18.9. The molecule has 1 saturated heterocycles. The van der Waals surface area contributed by atoms with E-state index < -0.39 is 17.4 Å². The molecule has 1 aliphatic rings. The van der Waals surface area contributed by atoms with E-state index in [2.05, 4.69) is 9.97 Å². The lowest BCUT2D eigenvalue weighted by molar-refractivity contribution is -0.141. The van der Waals surface area contributed by atoms with Crippen molar-refractivity contribution < 1.29 is 22.4 Å². The maximum atomic E-state index is 12.6. The number of rotatable bonds is 3. The van der Waals surface area contributed by atoms with Gasteiger partial charge in [-0.1, -0.05) is 0 Å². The summed E-state index contributed by atoms with van der Waals surface area (Å²) in [5, 5.41) is 0. The van der Waals surface area contributed by atoms with Gasteiger partial charge in [-0.2, -0.15) is 13.2 Å². The van der Waals surface area contributed by atoms with E-state index >= 15 is 0 Å². The Hall–Kier alpha value is -2.65. The van der Waals surface area contributed by atoms with Gasteiger partial charge < -0.3 is 9.32 Å². The molecule has 1 fully saturated rings. The van der Waals surface area contributed by atoms with Crippen LogP contribution in [-0.4, -0.2) is 38.4 Å². The third-order valence-corrected chi connectivity index (χ3v) is 4.36. The second-order valence-electron chi connectivity index (χ2n) is 6.25. The van der Waals surface area contributed by atoms with Gasteiger partial charge in [-0.3, -0.25) is 14.2 Å². The van der Waals surface area contributed by atoms with Crippen molar-refractivity contribution in [1.29, 1.82) is 0 Å². The largest absolute Gasteiger partial charge is 0.448 e. The maximum absolute atomic E-state index is 12.6. The second-order valence-corrected chi connectivity index (χ2v) is 6.25. The minimum absolute atomic E-state index is 0.0781. The smallest absolute Gasteiger partial charge is 0.433 e. The van der Waals surface area contributed by atoms with Gasteiger partial charge in [0.1, 0.15) is 6.26 Å². The summed E-state index contributed by atoms with van der Waals surface area (Å²) in [5.74, 6) is 0.278. The Kier molecular flexibility index (Phi) is 4.84. The SMILES string of the molecule is Cc1nc(C(=O)N2CCC(Cn3cnc(C(F)(F)F)cc3=O)CC2)co1. The number of aryl methyl sites for hydroxylation is 1. The summed E-state index contributed by atoms with van der Waals surface area (Å²) < 4.78 is 43.9. The Morgan fingerprint density at radius 2 is 2.04 bits per heavy atom. The van der Waals surface area contributed by atoms with Crippen molar-refractivity contribution >= 4 is 5.91 Å². The van der Waals surface area contributed by atoms with E-state index in [1.54, 1.807) is 11.8 Å². The van der Waals surface area contributed by atoms with Gasteiger partial charge in [0, 0.05) is 32.6 Å². The molecule has 0 N–H and O–H groups in total. The minimum atomic E-state index is -4.64. The third-order valence-electron chi connectivity index (χ3n) is 4.36. The van der Waals surface area contributed by atoms with E-state index in [-0.39, 0.29) is 24.1 Å². The normalized spacial score (nSPS) is 16.1. The monoisotopic (exact) mass is 370 g/mol. The lowest BCUT2D eigenvalue weighted by Gasteiger charge is -2.31. The topological polar surface area (TPSA) is 81.2 Å². The van der Waals surface area contributed by atoms with E-state index in [1.165, 1.54) is 10.8 Å². The molecule has 1 aliphatic heterocycles. The first-order valence-corrected chi connectivity index (χ1v) is 8.09. The first kappa shape index (κ1) is 18.2. The lowest BCUT2D eigenvalue weighted by Crippen LogP contribution is -2.40. The molecule has 0 bridgehead atoms. The van der Waals surface area contributed by atoms with Gasteiger partial charge in [0.05, 0.1) is 6.33 Å². The summed E-state index contributed by atoms with van der Waals surface area (Å²) in [6.07, 6.45) is -1.12. The third kappa shape index (κ3) is 3.94. The van der Waals surface area contributed by atoms with Crippen LogP contribution >= 0.6 is 0 Å². The molecule has 26 heavy (non-hydrogen) atoms. The quantitative estimate of drug-likeness (QED) is 0.827. The van der Waals surface area contributed by atoms with E-state index in [9.17, 15) is 22.8 Å². The van der Waals surface area contributed by atoms with Gasteiger partial charge in [0.2, 0.25) is 0 Å². The summed E-state index contributed by atoms with van der Waals surface area (Å²) >= 11 is 0. The predicted molar refractivity (Wildman–Crippen MR) is 83.4 cm³/mol. The Morgan fingerprint density at radius 3 is 2.58 bits per heavy atom. The summed E-state index contributed by atoms with van der Waals surface area (Å²) in [6, 6.07) is 0.506. The van der Waals surface area contributed by atoms with Crippen LogP contribution in [-0.2, 0) is 12.7 Å². The van der Waals surface area contributed by atoms with Crippen molar-refractivity contribution in [3.8, 4) is 0 Å². The fraction of sp³-hybridized carbons (Fsp3) is 0.500. The molecule has 140 valence electrons. The van der Waals surface area contributed by atoms with E-state index in [1.807, 2.05) is 0 Å². The molecule has 0 aromatic carbocycles. The number of hydrogen-bond acceptors (Lipinski definition) is 5. The number of oxazole rings is 1. The second kappa shape index (κ2) is 6.93. The van der Waals surface area contributed by atoms with Gasteiger partial charge in [-0.25, -0.2) is 9.97 Å². The van der Waals surface area contributed by atoms with Crippen LogP contribution < -0.4 is 5.56 Å². The van der Waals surface area contributed by atoms with Gasteiger partial charge in [-0.15, -0.1) is 0 Å². The summed E-state index contributed by atoms with van der Waals surface area (Å²) in [7, 11) is 0. The Labute approximate surface area is 146 Å². The van der Waals surface area contributed by atoms with Crippen molar-refractivity contribution in [2.24, 2.45) is 5.92 Å². The molecule has 0 radical (unpaired) electrons. The average molecular weight is 370 g/mol. The summed E-state index contributed by atoms with van der Waals surface area (Å²) in [5.41, 5.74) is -1.67. The highest BCUT2D eigenvalue weighted by Gasteiger charge is 2.33. The van der Waals surface area contributed by atoms with Gasteiger partial charge in [0.25, 0.3) is 11.5 Å². The fourth-order valence-electron chi connectivity index (χ4n) is 2.94. The number of alkyl halides is 3. The van der Waals surface area contributed by atoms with Crippen LogP contribution in [0.5, 0.6) is 0 Å². The van der Waals surface area contributed by atoms with Crippen molar-refractivity contribution in [2.75, 3.05) is 13.1 Å². The van der Waals surface area contributed by atoms with Crippen LogP contribution in [0.1, 0.15) is 34.9 Å². The molecule has 3 rings (SSSR count). The highest BCUT2D eigenvalue weighted by molar-refractivity contribution is 5.92. The molecule has 0 unspecified atom stereocenters. The van der Waals surface area contributed by atoms with Crippen molar-refractivity contribution in [3.05, 3.63) is 46.3 Å². The van der Waals surface area contributed by atoms with Gasteiger partial charge in [0.15, 0.2) is 17.3 Å². The highest BCUT2D eigenvalue weighted by Crippen LogP contribution is 2.26. The first-order chi connectivity index (χ1) is 12.2. The van der Waals surface area contributed by atoms with E-state index in [0.29, 0.717) is 37.9 Å².